The Morgan fingerprint density at radius 2 is 1.81 bits per heavy atom. The number of pyridine rings is 1. The monoisotopic (exact) mass is 237 g/mol. The standard InChI is InChI=1S/C12H9ClFNO/c13-7-9-1-4-11(5-2-9)15-8-10(14)3-6-12(15)16/h1-6,8H,7H2. The summed E-state index contributed by atoms with van der Waals surface area (Å²) in [4.78, 5) is 11.5. The summed E-state index contributed by atoms with van der Waals surface area (Å²) in [5.41, 5.74) is 1.31. The Morgan fingerprint density at radius 3 is 2.44 bits per heavy atom. The second-order valence-corrected chi connectivity index (χ2v) is 3.62. The van der Waals surface area contributed by atoms with Crippen molar-refractivity contribution in [3.63, 3.8) is 0 Å². The number of alkyl halides is 1. The van der Waals surface area contributed by atoms with Gasteiger partial charge in [-0.25, -0.2) is 4.39 Å². The number of hydrogen-bond acceptors (Lipinski definition) is 1. The first-order valence-corrected chi connectivity index (χ1v) is 5.27. The molecule has 0 spiro atoms. The van der Waals surface area contributed by atoms with Crippen LogP contribution in [0.3, 0.4) is 0 Å². The Kier molecular flexibility index (Phi) is 3.06. The minimum absolute atomic E-state index is 0.264. The van der Waals surface area contributed by atoms with Gasteiger partial charge >= 0.3 is 0 Å². The molecule has 0 fully saturated rings. The Bertz CT molecular complexity index is 548. The van der Waals surface area contributed by atoms with E-state index in [4.69, 9.17) is 11.6 Å². The van der Waals surface area contributed by atoms with E-state index in [0.29, 0.717) is 11.6 Å². The number of hydrogen-bond donors (Lipinski definition) is 0. The van der Waals surface area contributed by atoms with Gasteiger partial charge in [0.2, 0.25) is 0 Å². The SMILES string of the molecule is O=c1ccc(F)cn1-c1ccc(CCl)cc1. The van der Waals surface area contributed by atoms with E-state index >= 15 is 0 Å². The molecule has 0 aliphatic carbocycles. The zero-order valence-corrected chi connectivity index (χ0v) is 9.12. The molecule has 82 valence electrons. The number of benzene rings is 1. The van der Waals surface area contributed by atoms with Crippen LogP contribution in [0.4, 0.5) is 4.39 Å². The zero-order valence-electron chi connectivity index (χ0n) is 8.36. The molecule has 0 unspecified atom stereocenters. The van der Waals surface area contributed by atoms with Crippen LogP contribution >= 0.6 is 11.6 Å². The quantitative estimate of drug-likeness (QED) is 0.736. The van der Waals surface area contributed by atoms with E-state index in [2.05, 4.69) is 0 Å². The molecule has 2 rings (SSSR count). The van der Waals surface area contributed by atoms with Crippen LogP contribution in [0.5, 0.6) is 0 Å². The van der Waals surface area contributed by atoms with Crippen molar-refractivity contribution in [2.24, 2.45) is 0 Å². The van der Waals surface area contributed by atoms with Crippen molar-refractivity contribution in [2.75, 3.05) is 0 Å². The van der Waals surface area contributed by atoms with Gasteiger partial charge in [0.25, 0.3) is 5.56 Å². The molecule has 0 N–H and O–H groups in total. The van der Waals surface area contributed by atoms with Crippen molar-refractivity contribution in [1.29, 1.82) is 0 Å². The van der Waals surface area contributed by atoms with E-state index in [1.807, 2.05) is 0 Å². The van der Waals surface area contributed by atoms with Crippen LogP contribution in [0.25, 0.3) is 5.69 Å². The first kappa shape index (κ1) is 10.9. The lowest BCUT2D eigenvalue weighted by Crippen LogP contribution is -2.16. The van der Waals surface area contributed by atoms with Crippen molar-refractivity contribution in [3.05, 3.63) is 64.3 Å². The Labute approximate surface area is 96.9 Å². The van der Waals surface area contributed by atoms with Gasteiger partial charge < -0.3 is 0 Å². The maximum absolute atomic E-state index is 13.0. The lowest BCUT2D eigenvalue weighted by Gasteiger charge is -2.05. The Balaban J connectivity index is 2.50. The van der Waals surface area contributed by atoms with Crippen LogP contribution in [0.15, 0.2) is 47.4 Å². The first-order chi connectivity index (χ1) is 7.70. The third kappa shape index (κ3) is 2.14. The van der Waals surface area contributed by atoms with E-state index in [0.717, 1.165) is 17.8 Å². The lowest BCUT2D eigenvalue weighted by molar-refractivity contribution is 0.613. The van der Waals surface area contributed by atoms with Crippen LogP contribution < -0.4 is 5.56 Å². The third-order valence-electron chi connectivity index (χ3n) is 2.24. The van der Waals surface area contributed by atoms with Gasteiger partial charge in [0.05, 0.1) is 0 Å². The van der Waals surface area contributed by atoms with E-state index in [-0.39, 0.29) is 5.56 Å². The maximum atomic E-state index is 13.0. The summed E-state index contributed by atoms with van der Waals surface area (Å²) in [7, 11) is 0. The Morgan fingerprint density at radius 1 is 1.12 bits per heavy atom. The summed E-state index contributed by atoms with van der Waals surface area (Å²) in [5.74, 6) is -0.0285. The van der Waals surface area contributed by atoms with Gasteiger partial charge in [0.15, 0.2) is 0 Å². The lowest BCUT2D eigenvalue weighted by atomic mass is 10.2. The van der Waals surface area contributed by atoms with Crippen molar-refractivity contribution in [3.8, 4) is 5.69 Å². The highest BCUT2D eigenvalue weighted by Crippen LogP contribution is 2.10. The summed E-state index contributed by atoms with van der Waals surface area (Å²) < 4.78 is 14.3. The fraction of sp³-hybridized carbons (Fsp3) is 0.0833. The summed E-state index contributed by atoms with van der Waals surface area (Å²) >= 11 is 5.65. The topological polar surface area (TPSA) is 22.0 Å². The highest BCUT2D eigenvalue weighted by Gasteiger charge is 2.01. The molecule has 0 saturated carbocycles. The summed E-state index contributed by atoms with van der Waals surface area (Å²) in [6.07, 6.45) is 1.16. The fourth-order valence-electron chi connectivity index (χ4n) is 1.41. The first-order valence-electron chi connectivity index (χ1n) is 4.74. The van der Waals surface area contributed by atoms with Crippen molar-refractivity contribution in [1.82, 2.24) is 4.57 Å². The second-order valence-electron chi connectivity index (χ2n) is 3.36. The molecular weight excluding hydrogens is 229 g/mol. The highest BCUT2D eigenvalue weighted by molar-refractivity contribution is 6.17. The van der Waals surface area contributed by atoms with Crippen LogP contribution in [0.2, 0.25) is 0 Å². The molecule has 0 aliphatic rings. The Hall–Kier alpha value is -1.61. The van der Waals surface area contributed by atoms with E-state index in [1.165, 1.54) is 10.6 Å². The minimum atomic E-state index is -0.444. The predicted molar refractivity (Wildman–Crippen MR) is 61.6 cm³/mol. The van der Waals surface area contributed by atoms with Crippen molar-refractivity contribution >= 4 is 11.6 Å². The molecule has 4 heteroatoms. The predicted octanol–water partition coefficient (Wildman–Crippen LogP) is 2.72. The van der Waals surface area contributed by atoms with Crippen LogP contribution in [-0.4, -0.2) is 4.57 Å². The summed E-state index contributed by atoms with van der Waals surface area (Å²) in [5, 5.41) is 0. The largest absolute Gasteiger partial charge is 0.281 e. The molecule has 16 heavy (non-hydrogen) atoms. The van der Waals surface area contributed by atoms with Crippen molar-refractivity contribution in [2.45, 2.75) is 5.88 Å². The molecule has 1 aromatic carbocycles. The highest BCUT2D eigenvalue weighted by atomic mass is 35.5. The molecule has 0 saturated heterocycles. The molecule has 0 bridgehead atoms. The zero-order chi connectivity index (χ0) is 11.5. The van der Waals surface area contributed by atoms with E-state index in [9.17, 15) is 9.18 Å². The maximum Gasteiger partial charge on any atom is 0.255 e. The molecule has 1 heterocycles. The number of aromatic nitrogens is 1. The van der Waals surface area contributed by atoms with Crippen molar-refractivity contribution < 1.29 is 4.39 Å². The van der Waals surface area contributed by atoms with E-state index in [1.54, 1.807) is 24.3 Å². The van der Waals surface area contributed by atoms with Gasteiger partial charge in [0, 0.05) is 23.8 Å². The molecule has 0 atom stereocenters. The van der Waals surface area contributed by atoms with Gasteiger partial charge in [-0.3, -0.25) is 9.36 Å². The van der Waals surface area contributed by atoms with Gasteiger partial charge in [-0.2, -0.15) is 0 Å². The summed E-state index contributed by atoms with van der Waals surface area (Å²) in [6, 6.07) is 9.42. The van der Waals surface area contributed by atoms with Crippen LogP contribution in [-0.2, 0) is 5.88 Å². The average molecular weight is 238 g/mol. The van der Waals surface area contributed by atoms with Gasteiger partial charge in [0.1, 0.15) is 5.82 Å². The third-order valence-corrected chi connectivity index (χ3v) is 2.55. The second kappa shape index (κ2) is 4.49. The molecule has 2 aromatic rings. The fourth-order valence-corrected chi connectivity index (χ4v) is 1.59. The normalized spacial score (nSPS) is 10.4. The molecular formula is C12H9ClFNO. The number of rotatable bonds is 2. The minimum Gasteiger partial charge on any atom is -0.281 e. The molecule has 0 aliphatic heterocycles. The molecule has 0 radical (unpaired) electrons. The van der Waals surface area contributed by atoms with Crippen LogP contribution in [0, 0.1) is 5.82 Å². The number of nitrogens with zero attached hydrogens (tertiary/aromatic N) is 1. The van der Waals surface area contributed by atoms with Gasteiger partial charge in [-0.1, -0.05) is 12.1 Å². The number of halogens is 2. The molecule has 0 amide bonds. The summed E-state index contributed by atoms with van der Waals surface area (Å²) in [6.45, 7) is 0. The van der Waals surface area contributed by atoms with E-state index < -0.39 is 5.82 Å². The smallest absolute Gasteiger partial charge is 0.255 e. The molecule has 2 nitrogen and oxygen atoms in total. The van der Waals surface area contributed by atoms with Gasteiger partial charge in [-0.15, -0.1) is 11.6 Å². The average Bonchev–Trinajstić information content (AvgIpc) is 2.32. The van der Waals surface area contributed by atoms with Gasteiger partial charge in [-0.05, 0) is 23.8 Å². The van der Waals surface area contributed by atoms with Crippen LogP contribution in [0.1, 0.15) is 5.56 Å². The molecule has 1 aromatic heterocycles.